The molecule has 0 unspecified atom stereocenters. The molecule has 0 spiro atoms. The van der Waals surface area contributed by atoms with Crippen molar-refractivity contribution in [1.82, 2.24) is 0 Å². The van der Waals surface area contributed by atoms with Crippen LogP contribution in [-0.2, 0) is 0 Å². The van der Waals surface area contributed by atoms with Crippen LogP contribution in [0.4, 0.5) is 0 Å². The van der Waals surface area contributed by atoms with Gasteiger partial charge in [0.15, 0.2) is 0 Å². The molecule has 0 heteroatoms. The summed E-state index contributed by atoms with van der Waals surface area (Å²) in [6.07, 6.45) is 5.18. The molecule has 0 amide bonds. The van der Waals surface area contributed by atoms with Crippen LogP contribution in [-0.4, -0.2) is 0 Å². The van der Waals surface area contributed by atoms with Gasteiger partial charge in [-0.25, -0.2) is 0 Å². The summed E-state index contributed by atoms with van der Waals surface area (Å²) in [6, 6.07) is 0. The molecule has 0 atom stereocenters. The molecule has 0 aliphatic carbocycles. The molecule has 0 aromatic rings. The van der Waals surface area contributed by atoms with E-state index in [-0.39, 0.29) is 0 Å². The second kappa shape index (κ2) is 18.1. The highest BCUT2D eigenvalue weighted by Crippen LogP contribution is 1.89. The lowest BCUT2D eigenvalue weighted by Gasteiger charge is -1.79. The van der Waals surface area contributed by atoms with Crippen molar-refractivity contribution in [2.24, 2.45) is 0 Å². The maximum absolute atomic E-state index is 3.67. The predicted octanol–water partition coefficient (Wildman–Crippen LogP) is 5.53. The molecule has 0 saturated heterocycles. The molecule has 0 aromatic heterocycles. The van der Waals surface area contributed by atoms with Crippen molar-refractivity contribution < 1.29 is 0 Å². The minimum absolute atomic E-state index is 1.08. The Bertz CT molecular complexity index is 126. The van der Waals surface area contributed by atoms with Crippen LogP contribution in [0.25, 0.3) is 0 Å². The van der Waals surface area contributed by atoms with Gasteiger partial charge in [0.2, 0.25) is 0 Å². The summed E-state index contributed by atoms with van der Waals surface area (Å²) in [5, 5.41) is 0. The third kappa shape index (κ3) is 65.8. The quantitative estimate of drug-likeness (QED) is 0.521. The van der Waals surface area contributed by atoms with Crippen LogP contribution in [0.15, 0.2) is 37.0 Å². The lowest BCUT2D eigenvalue weighted by molar-refractivity contribution is 1.11. The maximum Gasteiger partial charge on any atom is -0.0354 e. The van der Waals surface area contributed by atoms with E-state index in [1.165, 1.54) is 11.1 Å². The molecule has 0 bridgehead atoms. The fourth-order valence-corrected chi connectivity index (χ4v) is 0. The number of rotatable bonds is 3. The molecule has 0 saturated carbocycles. The molecule has 14 heavy (non-hydrogen) atoms. The zero-order valence-electron chi connectivity index (χ0n) is 10.8. The average molecular weight is 196 g/mol. The molecule has 0 nitrogen and oxygen atoms in total. The maximum atomic E-state index is 3.67. The first kappa shape index (κ1) is 18.9. The first-order valence-electron chi connectivity index (χ1n) is 5.35. The second-order valence-corrected chi connectivity index (χ2v) is 3.32. The highest BCUT2D eigenvalue weighted by molar-refractivity contribution is 4.85. The number of allylic oxidation sites excluding steroid dienone is 3. The van der Waals surface area contributed by atoms with Crippen LogP contribution >= 0.6 is 0 Å². The summed E-state index contributed by atoms with van der Waals surface area (Å²) >= 11 is 0. The largest absolute Gasteiger partial charge is 0.103 e. The van der Waals surface area contributed by atoms with Gasteiger partial charge in [0.05, 0.1) is 0 Å². The van der Waals surface area contributed by atoms with Crippen molar-refractivity contribution in [2.45, 2.75) is 53.9 Å². The summed E-state index contributed by atoms with van der Waals surface area (Å²) < 4.78 is 0. The Morgan fingerprint density at radius 1 is 0.929 bits per heavy atom. The van der Waals surface area contributed by atoms with Crippen molar-refractivity contribution in [2.75, 3.05) is 0 Å². The van der Waals surface area contributed by atoms with Crippen molar-refractivity contribution in [1.29, 1.82) is 0 Å². The van der Waals surface area contributed by atoms with Gasteiger partial charge in [-0.2, -0.15) is 0 Å². The van der Waals surface area contributed by atoms with Gasteiger partial charge in [-0.15, -0.1) is 19.7 Å². The Labute approximate surface area is 91.4 Å². The summed E-state index contributed by atoms with van der Waals surface area (Å²) in [4.78, 5) is 0. The van der Waals surface area contributed by atoms with Crippen LogP contribution in [0, 0.1) is 0 Å². The first-order chi connectivity index (χ1) is 6.45. The zero-order chi connectivity index (χ0) is 12.0. The third-order valence-corrected chi connectivity index (χ3v) is 1.50. The Balaban J connectivity index is -0.000000131. The van der Waals surface area contributed by atoms with E-state index >= 15 is 0 Å². The van der Waals surface area contributed by atoms with E-state index in [4.69, 9.17) is 0 Å². The summed E-state index contributed by atoms with van der Waals surface area (Å²) in [7, 11) is 0. The second-order valence-electron chi connectivity index (χ2n) is 3.32. The van der Waals surface area contributed by atoms with Crippen molar-refractivity contribution in [3.63, 3.8) is 0 Å². The highest BCUT2D eigenvalue weighted by atomic mass is 13.7. The van der Waals surface area contributed by atoms with E-state index in [1.807, 2.05) is 19.9 Å². The molecule has 0 radical (unpaired) electrons. The molecular formula is C14H28. The molecule has 0 fully saturated rings. The van der Waals surface area contributed by atoms with Crippen LogP contribution in [0.1, 0.15) is 53.9 Å². The highest BCUT2D eigenvalue weighted by Gasteiger charge is 1.68. The molecule has 0 rings (SSSR count). The number of hydrogen-bond donors (Lipinski definition) is 0. The summed E-state index contributed by atoms with van der Waals surface area (Å²) in [6.45, 7) is 21.1. The van der Waals surface area contributed by atoms with Crippen LogP contribution in [0.2, 0.25) is 0 Å². The van der Waals surface area contributed by atoms with Crippen molar-refractivity contribution >= 4 is 0 Å². The zero-order valence-corrected chi connectivity index (χ0v) is 10.8. The van der Waals surface area contributed by atoms with E-state index < -0.39 is 0 Å². The lowest BCUT2D eigenvalue weighted by atomic mass is 10.3. The van der Waals surface area contributed by atoms with Gasteiger partial charge in [-0.3, -0.25) is 0 Å². The topological polar surface area (TPSA) is 0 Å². The Morgan fingerprint density at radius 3 is 1.07 bits per heavy atom. The smallest absolute Gasteiger partial charge is 0.0354 e. The molecule has 0 heterocycles. The predicted molar refractivity (Wildman–Crippen MR) is 70.7 cm³/mol. The Kier molecular flexibility index (Phi) is 24.4. The van der Waals surface area contributed by atoms with E-state index in [9.17, 15) is 0 Å². The van der Waals surface area contributed by atoms with Crippen LogP contribution < -0.4 is 0 Å². The minimum Gasteiger partial charge on any atom is -0.103 e. The van der Waals surface area contributed by atoms with E-state index in [0.717, 1.165) is 19.3 Å². The van der Waals surface area contributed by atoms with Crippen molar-refractivity contribution in [3.05, 3.63) is 37.0 Å². The van der Waals surface area contributed by atoms with Gasteiger partial charge >= 0.3 is 0 Å². The molecule has 0 N–H and O–H groups in total. The van der Waals surface area contributed by atoms with E-state index in [1.54, 1.807) is 0 Å². The SMILES string of the molecule is C=C(C)CC.C=C(C)CC.C=CCC. The first-order valence-corrected chi connectivity index (χ1v) is 5.35. The molecular weight excluding hydrogens is 168 g/mol. The third-order valence-electron chi connectivity index (χ3n) is 1.50. The summed E-state index contributed by atoms with van der Waals surface area (Å²) in [5.41, 5.74) is 2.51. The van der Waals surface area contributed by atoms with Gasteiger partial charge in [0.25, 0.3) is 0 Å². The monoisotopic (exact) mass is 196 g/mol. The fraction of sp³-hybridized carbons (Fsp3) is 0.571. The fourth-order valence-electron chi connectivity index (χ4n) is 0. The van der Waals surface area contributed by atoms with Gasteiger partial charge in [0, 0.05) is 0 Å². The van der Waals surface area contributed by atoms with Crippen LogP contribution in [0.5, 0.6) is 0 Å². The Morgan fingerprint density at radius 2 is 1.07 bits per heavy atom. The molecule has 0 aliphatic heterocycles. The standard InChI is InChI=1S/2C5H10.C4H8/c2*1-4-5(2)3;1-3-4-2/h2*2,4H2,1,3H3;3H,1,4H2,2H3. The summed E-state index contributed by atoms with van der Waals surface area (Å²) in [5.74, 6) is 0. The van der Waals surface area contributed by atoms with E-state index in [0.29, 0.717) is 0 Å². The normalized spacial score (nSPS) is 7.21. The molecule has 84 valence electrons. The lowest BCUT2D eigenvalue weighted by Crippen LogP contribution is -1.58. The van der Waals surface area contributed by atoms with Gasteiger partial charge in [-0.05, 0) is 33.1 Å². The minimum atomic E-state index is 1.08. The van der Waals surface area contributed by atoms with E-state index in [2.05, 4.69) is 40.5 Å². The molecule has 0 aliphatic rings. The average Bonchev–Trinajstić information content (AvgIpc) is 2.19. The molecule has 0 aromatic carbocycles. The van der Waals surface area contributed by atoms with Gasteiger partial charge < -0.3 is 0 Å². The van der Waals surface area contributed by atoms with Crippen LogP contribution in [0.3, 0.4) is 0 Å². The van der Waals surface area contributed by atoms with Crippen molar-refractivity contribution in [3.8, 4) is 0 Å². The Hall–Kier alpha value is -0.780. The number of hydrogen-bond acceptors (Lipinski definition) is 0. The van der Waals surface area contributed by atoms with Gasteiger partial charge in [0.1, 0.15) is 0 Å². The van der Waals surface area contributed by atoms with Gasteiger partial charge in [-0.1, -0.05) is 38.0 Å².